The van der Waals surface area contributed by atoms with E-state index in [0.29, 0.717) is 35.5 Å². The second kappa shape index (κ2) is 8.67. The number of hydrogen-bond acceptors (Lipinski definition) is 5. The molecule has 0 bridgehead atoms. The monoisotopic (exact) mass is 434 g/mol. The summed E-state index contributed by atoms with van der Waals surface area (Å²) in [7, 11) is 0. The molecule has 2 atom stereocenters. The van der Waals surface area contributed by atoms with Crippen molar-refractivity contribution in [3.8, 4) is 0 Å². The van der Waals surface area contributed by atoms with Crippen molar-refractivity contribution in [2.45, 2.75) is 19.1 Å². The predicted molar refractivity (Wildman–Crippen MR) is 112 cm³/mol. The van der Waals surface area contributed by atoms with E-state index in [9.17, 15) is 9.59 Å². The molecule has 1 saturated heterocycles. The van der Waals surface area contributed by atoms with E-state index in [1.165, 1.54) is 6.07 Å². The van der Waals surface area contributed by atoms with Crippen molar-refractivity contribution in [2.75, 3.05) is 19.7 Å². The van der Waals surface area contributed by atoms with Gasteiger partial charge in [-0.15, -0.1) is 0 Å². The lowest BCUT2D eigenvalue weighted by Gasteiger charge is -2.26. The van der Waals surface area contributed by atoms with E-state index in [2.05, 4.69) is 15.8 Å². The molecule has 9 heteroatoms. The molecular weight excluding hydrogens is 415 g/mol. The Labute approximate surface area is 177 Å². The fourth-order valence-electron chi connectivity index (χ4n) is 3.63. The lowest BCUT2D eigenvalue weighted by atomic mass is 9.95. The number of pyridine rings is 1. The molecular formula is C20H20Cl2N4O3. The number of ether oxygens (including phenoxy) is 1. The summed E-state index contributed by atoms with van der Waals surface area (Å²) in [5, 5.41) is 8.36. The minimum Gasteiger partial charge on any atom is -0.372 e. The maximum absolute atomic E-state index is 12.5. The van der Waals surface area contributed by atoms with Crippen LogP contribution in [0.3, 0.4) is 0 Å². The Kier molecular flexibility index (Phi) is 6.01. The van der Waals surface area contributed by atoms with E-state index in [-0.39, 0.29) is 29.9 Å². The molecule has 0 spiro atoms. The standard InChI is InChI=1S/C20H20Cl2N4O3/c21-15-3-1-12(7-16(15)22)20-14(9-23-5-6-29-20)11-26-10-13(2-4-19(26)28)17-8-18(27)25-24-17/h1-4,7,10,14,20,23H,5-6,8-9,11H2,(H,25,27)/t14-,20-/m0/s1. The maximum Gasteiger partial charge on any atom is 0.250 e. The van der Waals surface area contributed by atoms with Crippen LogP contribution in [0.15, 0.2) is 46.4 Å². The number of carbonyl (C=O) groups is 1. The third-order valence-electron chi connectivity index (χ3n) is 5.07. The predicted octanol–water partition coefficient (Wildman–Crippen LogP) is 2.36. The summed E-state index contributed by atoms with van der Waals surface area (Å²) in [6.07, 6.45) is 1.72. The van der Waals surface area contributed by atoms with Crippen molar-refractivity contribution in [2.24, 2.45) is 11.0 Å². The first-order valence-electron chi connectivity index (χ1n) is 9.35. The summed E-state index contributed by atoms with van der Waals surface area (Å²) >= 11 is 12.3. The van der Waals surface area contributed by atoms with Crippen LogP contribution in [-0.2, 0) is 16.1 Å². The van der Waals surface area contributed by atoms with Crippen molar-refractivity contribution < 1.29 is 9.53 Å². The van der Waals surface area contributed by atoms with Crippen LogP contribution in [0.1, 0.15) is 23.7 Å². The molecule has 0 aliphatic carbocycles. The second-order valence-corrected chi connectivity index (χ2v) is 7.92. The number of amides is 1. The van der Waals surface area contributed by atoms with Crippen molar-refractivity contribution in [1.82, 2.24) is 15.3 Å². The minimum atomic E-state index is -0.234. The Morgan fingerprint density at radius 1 is 1.17 bits per heavy atom. The van der Waals surface area contributed by atoms with E-state index in [1.807, 2.05) is 12.1 Å². The molecule has 2 aliphatic heterocycles. The molecule has 4 rings (SSSR count). The highest BCUT2D eigenvalue weighted by Gasteiger charge is 2.27. The average molecular weight is 435 g/mol. The summed E-state index contributed by atoms with van der Waals surface area (Å²) in [5.74, 6) is -0.160. The lowest BCUT2D eigenvalue weighted by Crippen LogP contribution is -2.32. The largest absolute Gasteiger partial charge is 0.372 e. The fraction of sp³-hybridized carbons (Fsp3) is 0.350. The number of nitrogens with zero attached hydrogens (tertiary/aromatic N) is 2. The number of carbonyl (C=O) groups excluding carboxylic acids is 1. The number of hydrazone groups is 1. The number of halogens is 2. The molecule has 1 aromatic heterocycles. The number of hydrogen-bond donors (Lipinski definition) is 2. The third-order valence-corrected chi connectivity index (χ3v) is 5.81. The van der Waals surface area contributed by atoms with Gasteiger partial charge in [0.25, 0.3) is 5.56 Å². The van der Waals surface area contributed by atoms with Crippen LogP contribution in [0, 0.1) is 5.92 Å². The molecule has 0 unspecified atom stereocenters. The normalized spacial score (nSPS) is 22.1. The zero-order chi connectivity index (χ0) is 20.4. The quantitative estimate of drug-likeness (QED) is 0.773. The second-order valence-electron chi connectivity index (χ2n) is 7.11. The summed E-state index contributed by atoms with van der Waals surface area (Å²) in [4.78, 5) is 23.9. The van der Waals surface area contributed by atoms with Gasteiger partial charge in [0.15, 0.2) is 0 Å². The molecule has 2 aromatic rings. The molecule has 2 N–H and O–H groups in total. The molecule has 2 aliphatic rings. The Hall–Kier alpha value is -2.19. The molecule has 1 aromatic carbocycles. The third kappa shape index (κ3) is 4.53. The van der Waals surface area contributed by atoms with Crippen LogP contribution in [0.2, 0.25) is 10.0 Å². The zero-order valence-electron chi connectivity index (χ0n) is 15.5. The molecule has 29 heavy (non-hydrogen) atoms. The van der Waals surface area contributed by atoms with Crippen molar-refractivity contribution in [1.29, 1.82) is 0 Å². The SMILES string of the molecule is O=C1CC(c2ccc(=O)n(C[C@@H]3CNCCO[C@H]3c3ccc(Cl)c(Cl)c3)c2)=NN1. The van der Waals surface area contributed by atoms with Gasteiger partial charge in [0.05, 0.1) is 34.9 Å². The molecule has 3 heterocycles. The van der Waals surface area contributed by atoms with Gasteiger partial charge >= 0.3 is 0 Å². The van der Waals surface area contributed by atoms with Crippen LogP contribution in [0.4, 0.5) is 0 Å². The summed E-state index contributed by atoms with van der Waals surface area (Å²) < 4.78 is 7.74. The first-order valence-corrected chi connectivity index (χ1v) is 10.1. The molecule has 1 fully saturated rings. The van der Waals surface area contributed by atoms with E-state index in [4.69, 9.17) is 27.9 Å². The van der Waals surface area contributed by atoms with Gasteiger partial charge < -0.3 is 14.6 Å². The van der Waals surface area contributed by atoms with Crippen LogP contribution in [0.5, 0.6) is 0 Å². The van der Waals surface area contributed by atoms with Gasteiger partial charge in [0, 0.05) is 43.4 Å². The van der Waals surface area contributed by atoms with Gasteiger partial charge in [-0.25, -0.2) is 5.43 Å². The number of benzene rings is 1. The highest BCUT2D eigenvalue weighted by molar-refractivity contribution is 6.42. The summed E-state index contributed by atoms with van der Waals surface area (Å²) in [5.41, 5.74) is 4.61. The minimum absolute atomic E-state index is 0.00651. The topological polar surface area (TPSA) is 84.7 Å². The summed E-state index contributed by atoms with van der Waals surface area (Å²) in [6, 6.07) is 8.67. The molecule has 152 valence electrons. The zero-order valence-corrected chi connectivity index (χ0v) is 17.0. The van der Waals surface area contributed by atoms with E-state index in [0.717, 1.165) is 17.7 Å². The summed E-state index contributed by atoms with van der Waals surface area (Å²) in [6.45, 7) is 2.41. The van der Waals surface area contributed by atoms with Crippen molar-refractivity contribution in [3.05, 3.63) is 68.1 Å². The van der Waals surface area contributed by atoms with Gasteiger partial charge in [-0.2, -0.15) is 5.10 Å². The first kappa shape index (κ1) is 20.1. The van der Waals surface area contributed by atoms with E-state index in [1.54, 1.807) is 22.9 Å². The van der Waals surface area contributed by atoms with Crippen LogP contribution in [0.25, 0.3) is 0 Å². The number of rotatable bonds is 4. The van der Waals surface area contributed by atoms with Crippen LogP contribution >= 0.6 is 23.2 Å². The first-order chi connectivity index (χ1) is 14.0. The fourth-order valence-corrected chi connectivity index (χ4v) is 3.94. The molecule has 0 saturated carbocycles. The molecule has 1 amide bonds. The highest BCUT2D eigenvalue weighted by Crippen LogP contribution is 2.32. The van der Waals surface area contributed by atoms with Crippen LogP contribution in [-0.4, -0.2) is 35.9 Å². The van der Waals surface area contributed by atoms with Gasteiger partial charge in [0.1, 0.15) is 0 Å². The van der Waals surface area contributed by atoms with Gasteiger partial charge in [-0.05, 0) is 23.8 Å². The van der Waals surface area contributed by atoms with Gasteiger partial charge in [-0.3, -0.25) is 9.59 Å². The maximum atomic E-state index is 12.5. The molecule has 7 nitrogen and oxygen atoms in total. The Bertz CT molecular complexity index is 1020. The van der Waals surface area contributed by atoms with E-state index < -0.39 is 0 Å². The van der Waals surface area contributed by atoms with Gasteiger partial charge in [-0.1, -0.05) is 29.3 Å². The van der Waals surface area contributed by atoms with Gasteiger partial charge in [0.2, 0.25) is 5.91 Å². The average Bonchev–Trinajstić information content (AvgIpc) is 3.01. The lowest BCUT2D eigenvalue weighted by molar-refractivity contribution is -0.119. The van der Waals surface area contributed by atoms with Crippen LogP contribution < -0.4 is 16.3 Å². The van der Waals surface area contributed by atoms with Crippen molar-refractivity contribution >= 4 is 34.8 Å². The Balaban J connectivity index is 1.62. The Morgan fingerprint density at radius 2 is 2.03 bits per heavy atom. The number of aromatic nitrogens is 1. The smallest absolute Gasteiger partial charge is 0.250 e. The Morgan fingerprint density at radius 3 is 2.79 bits per heavy atom. The highest BCUT2D eigenvalue weighted by atomic mass is 35.5. The van der Waals surface area contributed by atoms with Crippen molar-refractivity contribution in [3.63, 3.8) is 0 Å². The molecule has 0 radical (unpaired) electrons. The van der Waals surface area contributed by atoms with E-state index >= 15 is 0 Å². The number of nitrogens with one attached hydrogen (secondary N) is 2.